The second-order valence-electron chi connectivity index (χ2n) is 3.28. The first-order valence-corrected chi connectivity index (χ1v) is 4.41. The maximum atomic E-state index is 5.35. The number of aromatic nitrogens is 2. The summed E-state index contributed by atoms with van der Waals surface area (Å²) in [6, 6.07) is 0. The monoisotopic (exact) mass is 188 g/mol. The summed E-state index contributed by atoms with van der Waals surface area (Å²) >= 11 is 0. The van der Waals surface area contributed by atoms with Crippen molar-refractivity contribution < 1.29 is 14.0 Å². The molecule has 3 heterocycles. The van der Waals surface area contributed by atoms with E-state index in [2.05, 4.69) is 11.2 Å². The molecular weight excluding hydrogens is 183 g/mol. The largest absolute Gasteiger partial charge is 0.866 e. The molecule has 4 rings (SSSR count). The zero-order chi connectivity index (χ0) is 9.12. The van der Waals surface area contributed by atoms with Crippen LogP contribution in [0, 0.1) is 0 Å². The van der Waals surface area contributed by atoms with Gasteiger partial charge in [-0.05, 0) is 6.08 Å². The van der Waals surface area contributed by atoms with Crippen molar-refractivity contribution in [2.75, 3.05) is 0 Å². The van der Waals surface area contributed by atoms with Gasteiger partial charge in [0.2, 0.25) is 11.6 Å². The van der Waals surface area contributed by atoms with Gasteiger partial charge in [-0.3, -0.25) is 0 Å². The van der Waals surface area contributed by atoms with Crippen molar-refractivity contribution in [1.82, 2.24) is 9.78 Å². The van der Waals surface area contributed by atoms with Crippen molar-refractivity contribution in [3.8, 4) is 17.5 Å². The third kappa shape index (κ3) is 0.617. The van der Waals surface area contributed by atoms with Crippen molar-refractivity contribution in [2.45, 2.75) is 6.42 Å². The molecule has 1 aromatic rings. The SMILES string of the molecule is C1=CCC(n2nc3c4c2OB(O3)O4)=C1. The minimum Gasteiger partial charge on any atom is -0.481 e. The lowest BCUT2D eigenvalue weighted by atomic mass is 10.2. The van der Waals surface area contributed by atoms with Crippen LogP contribution in [0.5, 0.6) is 17.5 Å². The lowest BCUT2D eigenvalue weighted by Crippen LogP contribution is -2.28. The summed E-state index contributed by atoms with van der Waals surface area (Å²) in [4.78, 5) is 0. The van der Waals surface area contributed by atoms with E-state index in [1.807, 2.05) is 12.2 Å². The van der Waals surface area contributed by atoms with E-state index in [9.17, 15) is 0 Å². The molecule has 14 heavy (non-hydrogen) atoms. The van der Waals surface area contributed by atoms with Crippen molar-refractivity contribution in [3.05, 3.63) is 18.2 Å². The van der Waals surface area contributed by atoms with Crippen LogP contribution in [0.4, 0.5) is 0 Å². The molecule has 68 valence electrons. The number of fused-ring (bicyclic) bond motifs is 1. The van der Waals surface area contributed by atoms with Gasteiger partial charge in [0.1, 0.15) is 0 Å². The average molecular weight is 188 g/mol. The highest BCUT2D eigenvalue weighted by atomic mass is 16.8. The minimum absolute atomic E-state index is 0.532. The van der Waals surface area contributed by atoms with Gasteiger partial charge in [-0.1, -0.05) is 12.2 Å². The van der Waals surface area contributed by atoms with E-state index < -0.39 is 7.32 Å². The van der Waals surface area contributed by atoms with Crippen LogP contribution in [0.2, 0.25) is 0 Å². The standard InChI is InChI=1S/C8H5BN2O3/c1-2-4-5(3-1)11-8-6-7(10-11)13-9(12-6)14-8/h1-3H,4H2. The summed E-state index contributed by atoms with van der Waals surface area (Å²) in [7, 11) is -0.612. The van der Waals surface area contributed by atoms with Crippen LogP contribution in [0.25, 0.3) is 5.70 Å². The predicted octanol–water partition coefficient (Wildman–Crippen LogP) is 0.832. The Hall–Kier alpha value is -1.85. The van der Waals surface area contributed by atoms with Gasteiger partial charge in [0, 0.05) is 12.1 Å². The first kappa shape index (κ1) is 6.59. The Labute approximate surface area is 79.7 Å². The van der Waals surface area contributed by atoms with Gasteiger partial charge in [-0.25, -0.2) is 0 Å². The Morgan fingerprint density at radius 3 is 3.07 bits per heavy atom. The normalized spacial score (nSPS) is 19.4. The van der Waals surface area contributed by atoms with Crippen LogP contribution in [-0.2, 0) is 0 Å². The molecule has 0 unspecified atom stereocenters. The first-order valence-electron chi connectivity index (χ1n) is 4.41. The highest BCUT2D eigenvalue weighted by Gasteiger charge is 2.51. The van der Waals surface area contributed by atoms with E-state index in [4.69, 9.17) is 14.0 Å². The Kier molecular flexibility index (Phi) is 0.927. The van der Waals surface area contributed by atoms with E-state index in [0.717, 1.165) is 12.1 Å². The van der Waals surface area contributed by atoms with Gasteiger partial charge in [-0.15, -0.1) is 5.10 Å². The van der Waals surface area contributed by atoms with Crippen LogP contribution >= 0.6 is 0 Å². The van der Waals surface area contributed by atoms with E-state index >= 15 is 0 Å². The van der Waals surface area contributed by atoms with Crippen molar-refractivity contribution in [1.29, 1.82) is 0 Å². The van der Waals surface area contributed by atoms with Gasteiger partial charge in [0.15, 0.2) is 0 Å². The lowest BCUT2D eigenvalue weighted by molar-refractivity contribution is 0.383. The predicted molar refractivity (Wildman–Crippen MR) is 47.9 cm³/mol. The molecule has 0 spiro atoms. The molecular formula is C8H5BN2O3. The van der Waals surface area contributed by atoms with Gasteiger partial charge in [-0.2, -0.15) is 4.68 Å². The smallest absolute Gasteiger partial charge is 0.481 e. The third-order valence-electron chi connectivity index (χ3n) is 2.43. The van der Waals surface area contributed by atoms with Gasteiger partial charge in [0.25, 0.3) is 5.88 Å². The van der Waals surface area contributed by atoms with Crippen molar-refractivity contribution >= 4 is 13.0 Å². The maximum absolute atomic E-state index is 5.35. The topological polar surface area (TPSA) is 45.5 Å². The fourth-order valence-corrected chi connectivity index (χ4v) is 1.79. The molecule has 2 aliphatic heterocycles. The number of nitrogens with zero attached hydrogens (tertiary/aromatic N) is 2. The second-order valence-corrected chi connectivity index (χ2v) is 3.28. The number of rotatable bonds is 1. The minimum atomic E-state index is -0.612. The second kappa shape index (κ2) is 1.97. The molecule has 2 bridgehead atoms. The first-order chi connectivity index (χ1) is 6.92. The zero-order valence-corrected chi connectivity index (χ0v) is 7.14. The Balaban J connectivity index is 1.91. The average Bonchev–Trinajstić information content (AvgIpc) is 2.84. The Bertz CT molecular complexity index is 489. The summed E-state index contributed by atoms with van der Waals surface area (Å²) in [6.45, 7) is 0. The van der Waals surface area contributed by atoms with E-state index in [-0.39, 0.29) is 0 Å². The summed E-state index contributed by atoms with van der Waals surface area (Å²) < 4.78 is 17.6. The molecule has 0 aromatic carbocycles. The van der Waals surface area contributed by atoms with Crippen molar-refractivity contribution in [3.63, 3.8) is 0 Å². The van der Waals surface area contributed by atoms with Crippen LogP contribution in [-0.4, -0.2) is 17.1 Å². The molecule has 0 atom stereocenters. The van der Waals surface area contributed by atoms with Gasteiger partial charge in [0.05, 0.1) is 0 Å². The highest BCUT2D eigenvalue weighted by molar-refractivity contribution is 6.43. The number of hydrogen-bond donors (Lipinski definition) is 0. The van der Waals surface area contributed by atoms with E-state index in [1.54, 1.807) is 4.68 Å². The number of allylic oxidation sites excluding steroid dienone is 4. The molecule has 0 fully saturated rings. The quantitative estimate of drug-likeness (QED) is 0.612. The van der Waals surface area contributed by atoms with Crippen molar-refractivity contribution in [2.24, 2.45) is 0 Å². The molecule has 0 saturated heterocycles. The molecule has 1 aliphatic carbocycles. The molecule has 3 aliphatic rings. The summed E-state index contributed by atoms with van der Waals surface area (Å²) in [6.07, 6.45) is 6.92. The fraction of sp³-hybridized carbons (Fsp3) is 0.125. The van der Waals surface area contributed by atoms with E-state index in [0.29, 0.717) is 17.5 Å². The van der Waals surface area contributed by atoms with Crippen LogP contribution in [0.1, 0.15) is 6.42 Å². The molecule has 0 amide bonds. The number of hydrogen-bond acceptors (Lipinski definition) is 4. The Morgan fingerprint density at radius 1 is 1.36 bits per heavy atom. The molecule has 0 N–H and O–H groups in total. The summed E-state index contributed by atoms with van der Waals surface area (Å²) in [5, 5.41) is 4.25. The third-order valence-corrected chi connectivity index (χ3v) is 2.43. The molecule has 0 saturated carbocycles. The van der Waals surface area contributed by atoms with E-state index in [1.165, 1.54) is 0 Å². The van der Waals surface area contributed by atoms with Gasteiger partial charge < -0.3 is 14.0 Å². The van der Waals surface area contributed by atoms with Crippen LogP contribution in [0.3, 0.4) is 0 Å². The molecule has 0 radical (unpaired) electrons. The fourth-order valence-electron chi connectivity index (χ4n) is 1.79. The highest BCUT2D eigenvalue weighted by Crippen LogP contribution is 2.48. The molecule has 1 aromatic heterocycles. The zero-order valence-electron chi connectivity index (χ0n) is 7.14. The molecule has 6 heteroatoms. The molecule has 5 nitrogen and oxygen atoms in total. The maximum Gasteiger partial charge on any atom is 0.866 e. The lowest BCUT2D eigenvalue weighted by Gasteiger charge is -2.03. The summed E-state index contributed by atoms with van der Waals surface area (Å²) in [5.74, 6) is 1.82. The van der Waals surface area contributed by atoms with Gasteiger partial charge >= 0.3 is 7.32 Å². The van der Waals surface area contributed by atoms with Crippen LogP contribution in [0.15, 0.2) is 18.2 Å². The van der Waals surface area contributed by atoms with Crippen LogP contribution < -0.4 is 14.0 Å². The summed E-state index contributed by atoms with van der Waals surface area (Å²) in [5.41, 5.74) is 1.07. The Morgan fingerprint density at radius 2 is 2.36 bits per heavy atom.